The summed E-state index contributed by atoms with van der Waals surface area (Å²) in [4.78, 5) is 26.9. The highest BCUT2D eigenvalue weighted by Gasteiger charge is 2.29. The molecule has 1 aliphatic carbocycles. The van der Waals surface area contributed by atoms with Gasteiger partial charge in [-0.2, -0.15) is 0 Å². The number of ketones is 1. The molecule has 1 aromatic heterocycles. The van der Waals surface area contributed by atoms with Gasteiger partial charge in [-0.25, -0.2) is 0 Å². The maximum Gasteiger partial charge on any atom is 0.287 e. The molecule has 1 aliphatic heterocycles. The van der Waals surface area contributed by atoms with E-state index in [2.05, 4.69) is 24.1 Å². The molecule has 0 unspecified atom stereocenters. The Morgan fingerprint density at radius 3 is 2.88 bits per heavy atom. The lowest BCUT2D eigenvalue weighted by atomic mass is 9.94. The van der Waals surface area contributed by atoms with Gasteiger partial charge in [0.05, 0.1) is 18.3 Å². The van der Waals surface area contributed by atoms with Gasteiger partial charge >= 0.3 is 0 Å². The van der Waals surface area contributed by atoms with Crippen molar-refractivity contribution in [2.24, 2.45) is 5.92 Å². The van der Waals surface area contributed by atoms with Crippen LogP contribution >= 0.6 is 0 Å². The Morgan fingerprint density at radius 1 is 1.36 bits per heavy atom. The summed E-state index contributed by atoms with van der Waals surface area (Å²) < 4.78 is 11.5. The molecule has 1 amide bonds. The third-order valence-corrected chi connectivity index (χ3v) is 4.85. The maximum absolute atomic E-state index is 12.5. The third kappa shape index (κ3) is 4.12. The van der Waals surface area contributed by atoms with Gasteiger partial charge in [-0.3, -0.25) is 14.5 Å². The van der Waals surface area contributed by atoms with Gasteiger partial charge in [0, 0.05) is 44.6 Å². The molecule has 138 valence electrons. The number of hydrogen-bond donors (Lipinski definition) is 1. The fraction of sp³-hybridized carbons (Fsp3) is 0.684. The standard InChI is InChI=1S/C19H28N2O4/c1-12(2)10-21-7-8-24-14(11-21)9-20-19(23)18-13(3)17-15(22)5-4-6-16(17)25-18/h12,14H,4-11H2,1-3H3,(H,20,23)/t14-/m0/s1. The minimum absolute atomic E-state index is 0.0111. The summed E-state index contributed by atoms with van der Waals surface area (Å²) >= 11 is 0. The quantitative estimate of drug-likeness (QED) is 0.883. The zero-order valence-corrected chi connectivity index (χ0v) is 15.4. The molecule has 1 aromatic rings. The number of carbonyl (C=O) groups excluding carboxylic acids is 2. The molecule has 1 fully saturated rings. The van der Waals surface area contributed by atoms with Gasteiger partial charge < -0.3 is 14.5 Å². The largest absolute Gasteiger partial charge is 0.455 e. The molecule has 6 nitrogen and oxygen atoms in total. The van der Waals surface area contributed by atoms with Crippen molar-refractivity contribution in [2.45, 2.75) is 46.1 Å². The first-order valence-electron chi connectivity index (χ1n) is 9.23. The first-order valence-corrected chi connectivity index (χ1v) is 9.23. The van der Waals surface area contributed by atoms with E-state index in [9.17, 15) is 9.59 Å². The van der Waals surface area contributed by atoms with Crippen LogP contribution < -0.4 is 5.32 Å². The number of fused-ring (bicyclic) bond motifs is 1. The second kappa shape index (κ2) is 7.70. The second-order valence-corrected chi connectivity index (χ2v) is 7.49. The average Bonchev–Trinajstić information content (AvgIpc) is 2.91. The Morgan fingerprint density at radius 2 is 2.16 bits per heavy atom. The van der Waals surface area contributed by atoms with Crippen molar-refractivity contribution in [1.82, 2.24) is 10.2 Å². The van der Waals surface area contributed by atoms with Crippen LogP contribution in [0, 0.1) is 12.8 Å². The maximum atomic E-state index is 12.5. The van der Waals surface area contributed by atoms with Crippen LogP contribution in [0.15, 0.2) is 4.42 Å². The molecule has 2 aliphatic rings. The van der Waals surface area contributed by atoms with Crippen molar-refractivity contribution in [3.8, 4) is 0 Å². The highest BCUT2D eigenvalue weighted by atomic mass is 16.5. The van der Waals surface area contributed by atoms with E-state index in [1.54, 1.807) is 6.92 Å². The van der Waals surface area contributed by atoms with E-state index in [4.69, 9.17) is 9.15 Å². The van der Waals surface area contributed by atoms with Crippen molar-refractivity contribution in [1.29, 1.82) is 0 Å². The number of ether oxygens (including phenoxy) is 1. The highest BCUT2D eigenvalue weighted by molar-refractivity contribution is 6.03. The third-order valence-electron chi connectivity index (χ3n) is 4.85. The molecule has 1 atom stereocenters. The van der Waals surface area contributed by atoms with Crippen LogP contribution in [-0.2, 0) is 11.2 Å². The fourth-order valence-corrected chi connectivity index (χ4v) is 3.74. The summed E-state index contributed by atoms with van der Waals surface area (Å²) in [6.07, 6.45) is 2.05. The van der Waals surface area contributed by atoms with E-state index in [1.165, 1.54) is 0 Å². The first kappa shape index (κ1) is 18.1. The minimum Gasteiger partial charge on any atom is -0.455 e. The lowest BCUT2D eigenvalue weighted by Crippen LogP contribution is -2.48. The lowest BCUT2D eigenvalue weighted by molar-refractivity contribution is -0.0296. The number of carbonyl (C=O) groups is 2. The number of aryl methyl sites for hydroxylation is 1. The van der Waals surface area contributed by atoms with E-state index >= 15 is 0 Å². The lowest BCUT2D eigenvalue weighted by Gasteiger charge is -2.33. The summed E-state index contributed by atoms with van der Waals surface area (Å²) in [5, 5.41) is 2.91. The number of amides is 1. The first-order chi connectivity index (χ1) is 12.0. The molecule has 0 spiro atoms. The Balaban J connectivity index is 1.59. The number of nitrogens with one attached hydrogen (secondary N) is 1. The normalized spacial score (nSPS) is 21.4. The Hall–Kier alpha value is -1.66. The summed E-state index contributed by atoms with van der Waals surface area (Å²) in [6.45, 7) is 10.1. The molecule has 6 heteroatoms. The second-order valence-electron chi connectivity index (χ2n) is 7.49. The van der Waals surface area contributed by atoms with Gasteiger partial charge in [0.2, 0.25) is 0 Å². The number of rotatable bonds is 5. The van der Waals surface area contributed by atoms with Crippen LogP contribution in [0.2, 0.25) is 0 Å². The predicted molar refractivity (Wildman–Crippen MR) is 94.1 cm³/mol. The summed E-state index contributed by atoms with van der Waals surface area (Å²) in [5.74, 6) is 1.37. The number of morpholine rings is 1. The predicted octanol–water partition coefficient (Wildman–Crippen LogP) is 2.19. The number of furan rings is 1. The van der Waals surface area contributed by atoms with Gasteiger partial charge in [-0.15, -0.1) is 0 Å². The van der Waals surface area contributed by atoms with Crippen LogP contribution in [0.3, 0.4) is 0 Å². The topological polar surface area (TPSA) is 71.8 Å². The number of hydrogen-bond acceptors (Lipinski definition) is 5. The van der Waals surface area contributed by atoms with Gasteiger partial charge in [-0.05, 0) is 19.3 Å². The summed E-state index contributed by atoms with van der Waals surface area (Å²) in [5.41, 5.74) is 1.29. The van der Waals surface area contributed by atoms with Crippen molar-refractivity contribution in [2.75, 3.05) is 32.8 Å². The van der Waals surface area contributed by atoms with Gasteiger partial charge in [0.25, 0.3) is 5.91 Å². The van der Waals surface area contributed by atoms with E-state index in [0.29, 0.717) is 42.4 Å². The molecule has 25 heavy (non-hydrogen) atoms. The highest BCUT2D eigenvalue weighted by Crippen LogP contribution is 2.29. The molecular weight excluding hydrogens is 320 g/mol. The van der Waals surface area contributed by atoms with Crippen LogP contribution in [0.4, 0.5) is 0 Å². The Bertz CT molecular complexity index is 650. The van der Waals surface area contributed by atoms with Crippen molar-refractivity contribution in [3.63, 3.8) is 0 Å². The SMILES string of the molecule is Cc1c(C(=O)NC[C@H]2CN(CC(C)C)CCO2)oc2c1C(=O)CCC2. The van der Waals surface area contributed by atoms with E-state index in [1.807, 2.05) is 0 Å². The summed E-state index contributed by atoms with van der Waals surface area (Å²) in [7, 11) is 0. The monoisotopic (exact) mass is 348 g/mol. The molecule has 3 rings (SSSR count). The van der Waals surface area contributed by atoms with Crippen LogP contribution in [-0.4, -0.2) is 55.5 Å². The minimum atomic E-state index is -0.260. The fourth-order valence-electron chi connectivity index (χ4n) is 3.74. The van der Waals surface area contributed by atoms with E-state index in [0.717, 1.165) is 32.5 Å². The van der Waals surface area contributed by atoms with E-state index < -0.39 is 0 Å². The van der Waals surface area contributed by atoms with Crippen LogP contribution in [0.5, 0.6) is 0 Å². The zero-order chi connectivity index (χ0) is 18.0. The summed E-state index contributed by atoms with van der Waals surface area (Å²) in [6, 6.07) is 0. The van der Waals surface area contributed by atoms with Crippen molar-refractivity contribution in [3.05, 3.63) is 22.6 Å². The van der Waals surface area contributed by atoms with Crippen molar-refractivity contribution >= 4 is 11.7 Å². The smallest absolute Gasteiger partial charge is 0.287 e. The van der Waals surface area contributed by atoms with Gasteiger partial charge in [0.1, 0.15) is 5.76 Å². The Kier molecular flexibility index (Phi) is 5.59. The van der Waals surface area contributed by atoms with E-state index in [-0.39, 0.29) is 23.6 Å². The van der Waals surface area contributed by atoms with Crippen LogP contribution in [0.25, 0.3) is 0 Å². The van der Waals surface area contributed by atoms with Crippen LogP contribution in [0.1, 0.15) is 58.9 Å². The molecule has 0 saturated carbocycles. The molecule has 1 saturated heterocycles. The zero-order valence-electron chi connectivity index (χ0n) is 15.4. The molecule has 2 heterocycles. The van der Waals surface area contributed by atoms with Gasteiger partial charge in [-0.1, -0.05) is 13.8 Å². The Labute approximate surface area is 148 Å². The number of nitrogens with zero attached hydrogens (tertiary/aromatic N) is 1. The molecule has 1 N–H and O–H groups in total. The molecule has 0 bridgehead atoms. The number of Topliss-reactive ketones (excluding diaryl/α,β-unsaturated/α-hetero) is 1. The molecule has 0 radical (unpaired) electrons. The molecular formula is C19H28N2O4. The molecule has 0 aromatic carbocycles. The average molecular weight is 348 g/mol. The van der Waals surface area contributed by atoms with Crippen molar-refractivity contribution < 1.29 is 18.7 Å². The van der Waals surface area contributed by atoms with Gasteiger partial charge in [0.15, 0.2) is 11.5 Å².